The summed E-state index contributed by atoms with van der Waals surface area (Å²) in [5.74, 6) is -1.91. The number of aromatic nitrogens is 3. The van der Waals surface area contributed by atoms with Gasteiger partial charge in [0, 0.05) is 24.0 Å². The molecule has 0 aliphatic carbocycles. The van der Waals surface area contributed by atoms with E-state index in [2.05, 4.69) is 15.4 Å². The molecule has 4 rings (SSSR count). The van der Waals surface area contributed by atoms with Gasteiger partial charge in [0.05, 0.1) is 22.7 Å². The number of nitrogens with one attached hydrogen (secondary N) is 1. The Morgan fingerprint density at radius 2 is 1.93 bits per heavy atom. The predicted molar refractivity (Wildman–Crippen MR) is 109 cm³/mol. The van der Waals surface area contributed by atoms with E-state index >= 15 is 0 Å². The van der Waals surface area contributed by atoms with Crippen LogP contribution in [0.4, 0.5) is 14.5 Å². The van der Waals surface area contributed by atoms with Gasteiger partial charge in [-0.25, -0.2) is 18.3 Å². The number of rotatable bonds is 5. The van der Waals surface area contributed by atoms with Crippen LogP contribution in [-0.4, -0.2) is 26.3 Å². The number of carbonyl (C=O) groups is 1. The van der Waals surface area contributed by atoms with Gasteiger partial charge in [0.2, 0.25) is 5.91 Å². The van der Waals surface area contributed by atoms with Gasteiger partial charge >= 0.3 is 0 Å². The van der Waals surface area contributed by atoms with Gasteiger partial charge in [0.15, 0.2) is 0 Å². The van der Waals surface area contributed by atoms with Crippen LogP contribution in [0.5, 0.6) is 0 Å². The van der Waals surface area contributed by atoms with Crippen molar-refractivity contribution in [1.82, 2.24) is 14.6 Å². The van der Waals surface area contributed by atoms with Gasteiger partial charge in [-0.3, -0.25) is 4.79 Å². The third kappa shape index (κ3) is 4.27. The van der Waals surface area contributed by atoms with Crippen molar-refractivity contribution in [1.29, 1.82) is 0 Å². The van der Waals surface area contributed by atoms with Gasteiger partial charge in [-0.2, -0.15) is 5.10 Å². The molecule has 0 bridgehead atoms. The van der Waals surface area contributed by atoms with Crippen molar-refractivity contribution < 1.29 is 13.6 Å². The first kappa shape index (κ1) is 19.1. The van der Waals surface area contributed by atoms with E-state index < -0.39 is 17.5 Å². The number of carbonyl (C=O) groups excluding carboxylic acids is 1. The molecule has 5 nitrogen and oxygen atoms in total. The molecule has 0 unspecified atom stereocenters. The number of benzene rings is 2. The first-order valence-electron chi connectivity index (χ1n) is 8.79. The van der Waals surface area contributed by atoms with E-state index in [9.17, 15) is 13.6 Å². The highest BCUT2D eigenvalue weighted by Gasteiger charge is 2.13. The van der Waals surface area contributed by atoms with Crippen LogP contribution in [-0.2, 0) is 4.79 Å². The maximum atomic E-state index is 13.7. The Morgan fingerprint density at radius 3 is 2.69 bits per heavy atom. The van der Waals surface area contributed by atoms with E-state index in [-0.39, 0.29) is 11.4 Å². The van der Waals surface area contributed by atoms with Gasteiger partial charge in [0.25, 0.3) is 0 Å². The van der Waals surface area contributed by atoms with Crippen LogP contribution < -0.4 is 5.32 Å². The van der Waals surface area contributed by atoms with Crippen molar-refractivity contribution in [3.8, 4) is 11.3 Å². The number of amides is 1. The van der Waals surface area contributed by atoms with Crippen molar-refractivity contribution in [2.75, 3.05) is 11.1 Å². The Hall–Kier alpha value is -3.26. The Kier molecular flexibility index (Phi) is 5.26. The quantitative estimate of drug-likeness (QED) is 0.484. The molecule has 146 valence electrons. The minimum absolute atomic E-state index is 0.0224. The van der Waals surface area contributed by atoms with E-state index in [4.69, 9.17) is 0 Å². The molecule has 1 amide bonds. The van der Waals surface area contributed by atoms with E-state index in [1.165, 1.54) is 23.4 Å². The minimum Gasteiger partial charge on any atom is -0.323 e. The molecule has 0 saturated heterocycles. The highest BCUT2D eigenvalue weighted by atomic mass is 32.2. The average molecular weight is 410 g/mol. The van der Waals surface area contributed by atoms with E-state index in [1.807, 2.05) is 37.3 Å². The second kappa shape index (κ2) is 8.00. The predicted octanol–water partition coefficient (Wildman–Crippen LogP) is 4.71. The Balaban J connectivity index is 1.50. The summed E-state index contributed by atoms with van der Waals surface area (Å²) in [5, 5.41) is 7.64. The molecule has 0 saturated carbocycles. The van der Waals surface area contributed by atoms with E-state index in [0.29, 0.717) is 5.03 Å². The number of thioether (sulfide) groups is 1. The highest BCUT2D eigenvalue weighted by molar-refractivity contribution is 8.00. The van der Waals surface area contributed by atoms with Crippen LogP contribution >= 0.6 is 11.8 Å². The third-order valence-corrected chi connectivity index (χ3v) is 5.24. The van der Waals surface area contributed by atoms with Crippen LogP contribution in [0.2, 0.25) is 0 Å². The Bertz CT molecular complexity index is 1190. The zero-order valence-corrected chi connectivity index (χ0v) is 16.2. The van der Waals surface area contributed by atoms with Crippen LogP contribution in [0, 0.1) is 18.6 Å². The third-order valence-electron chi connectivity index (χ3n) is 4.25. The Labute approximate surface area is 169 Å². The minimum atomic E-state index is -0.817. The van der Waals surface area contributed by atoms with Gasteiger partial charge < -0.3 is 5.32 Å². The topological polar surface area (TPSA) is 59.3 Å². The SMILES string of the molecule is Cc1ccc(-c2cc3c(SCC(=O)Nc4ccc(F)cc4F)nccn3n2)cc1. The molecule has 0 atom stereocenters. The molecular formula is C21H16F2N4OS. The first-order valence-corrected chi connectivity index (χ1v) is 9.77. The Morgan fingerprint density at radius 1 is 1.14 bits per heavy atom. The molecule has 0 aliphatic rings. The van der Waals surface area contributed by atoms with Gasteiger partial charge in [-0.1, -0.05) is 41.6 Å². The van der Waals surface area contributed by atoms with Crippen LogP contribution in [0.15, 0.2) is 66.0 Å². The fourth-order valence-electron chi connectivity index (χ4n) is 2.79. The molecule has 0 fully saturated rings. The number of fused-ring (bicyclic) bond motifs is 1. The van der Waals surface area contributed by atoms with Crippen molar-refractivity contribution in [2.45, 2.75) is 11.9 Å². The fourth-order valence-corrected chi connectivity index (χ4v) is 3.56. The molecule has 29 heavy (non-hydrogen) atoms. The zero-order valence-electron chi connectivity index (χ0n) is 15.4. The molecule has 2 aromatic carbocycles. The first-order chi connectivity index (χ1) is 14.0. The lowest BCUT2D eigenvalue weighted by Crippen LogP contribution is -2.15. The maximum absolute atomic E-state index is 13.7. The van der Waals surface area contributed by atoms with Crippen molar-refractivity contribution in [2.24, 2.45) is 0 Å². The summed E-state index contributed by atoms with van der Waals surface area (Å²) in [4.78, 5) is 16.5. The lowest BCUT2D eigenvalue weighted by molar-refractivity contribution is -0.113. The van der Waals surface area contributed by atoms with Gasteiger partial charge in [-0.15, -0.1) is 0 Å². The molecule has 8 heteroatoms. The van der Waals surface area contributed by atoms with Gasteiger partial charge in [0.1, 0.15) is 16.7 Å². The number of anilines is 1. The van der Waals surface area contributed by atoms with Crippen molar-refractivity contribution in [3.05, 3.63) is 78.1 Å². The summed E-state index contributed by atoms with van der Waals surface area (Å²) in [6.45, 7) is 2.02. The summed E-state index contributed by atoms with van der Waals surface area (Å²) < 4.78 is 28.4. The molecule has 2 aromatic heterocycles. The van der Waals surface area contributed by atoms with E-state index in [0.717, 1.165) is 28.9 Å². The lowest BCUT2D eigenvalue weighted by atomic mass is 10.1. The van der Waals surface area contributed by atoms with Crippen LogP contribution in [0.3, 0.4) is 0 Å². The van der Waals surface area contributed by atoms with Crippen LogP contribution in [0.25, 0.3) is 16.8 Å². The van der Waals surface area contributed by atoms with Gasteiger partial charge in [-0.05, 0) is 25.1 Å². The molecule has 2 heterocycles. The normalized spacial score (nSPS) is 11.0. The maximum Gasteiger partial charge on any atom is 0.234 e. The molecule has 0 aliphatic heterocycles. The largest absolute Gasteiger partial charge is 0.323 e. The van der Waals surface area contributed by atoms with Crippen molar-refractivity contribution >= 4 is 28.9 Å². The lowest BCUT2D eigenvalue weighted by Gasteiger charge is -2.06. The zero-order chi connectivity index (χ0) is 20.4. The number of aryl methyl sites for hydroxylation is 1. The second-order valence-corrected chi connectivity index (χ2v) is 7.38. The molecule has 4 aromatic rings. The molecule has 0 radical (unpaired) electrons. The second-order valence-electron chi connectivity index (χ2n) is 6.42. The molecule has 1 N–H and O–H groups in total. The van der Waals surface area contributed by atoms with Crippen molar-refractivity contribution in [3.63, 3.8) is 0 Å². The molecular weight excluding hydrogens is 394 g/mol. The summed E-state index contributed by atoms with van der Waals surface area (Å²) in [6, 6.07) is 13.0. The summed E-state index contributed by atoms with van der Waals surface area (Å²) in [6.07, 6.45) is 3.35. The average Bonchev–Trinajstić information content (AvgIpc) is 3.14. The summed E-state index contributed by atoms with van der Waals surface area (Å²) in [5.41, 5.74) is 3.67. The molecule has 0 spiro atoms. The monoisotopic (exact) mass is 410 g/mol. The van der Waals surface area contributed by atoms with Crippen LogP contribution in [0.1, 0.15) is 5.56 Å². The summed E-state index contributed by atoms with van der Waals surface area (Å²) in [7, 11) is 0. The number of hydrogen-bond acceptors (Lipinski definition) is 4. The standard InChI is InChI=1S/C21H16F2N4OS/c1-13-2-4-14(5-3-13)18-11-19-21(24-8-9-27(19)26-18)29-12-20(28)25-17-7-6-15(22)10-16(17)23/h2-11H,12H2,1H3,(H,25,28). The number of nitrogens with zero attached hydrogens (tertiary/aromatic N) is 3. The fraction of sp³-hybridized carbons (Fsp3) is 0.0952. The highest BCUT2D eigenvalue weighted by Crippen LogP contribution is 2.26. The number of hydrogen-bond donors (Lipinski definition) is 1. The summed E-state index contributed by atoms with van der Waals surface area (Å²) >= 11 is 1.22. The van der Waals surface area contributed by atoms with E-state index in [1.54, 1.807) is 16.9 Å². The smallest absolute Gasteiger partial charge is 0.234 e. The number of halogens is 2.